The topological polar surface area (TPSA) is 63.2 Å². The molecule has 1 amide bonds. The molecule has 8 heteroatoms. The Morgan fingerprint density at radius 2 is 2.00 bits per heavy atom. The average molecular weight is 436 g/mol. The van der Waals surface area contributed by atoms with Gasteiger partial charge < -0.3 is 0 Å². The number of hydrogen-bond donors (Lipinski definition) is 1. The summed E-state index contributed by atoms with van der Waals surface area (Å²) in [5, 5.41) is 1.33. The minimum atomic E-state index is -3.59. The van der Waals surface area contributed by atoms with Crippen LogP contribution in [0.25, 0.3) is 0 Å². The van der Waals surface area contributed by atoms with Crippen LogP contribution < -0.4 is 4.72 Å². The van der Waals surface area contributed by atoms with Crippen molar-refractivity contribution in [3.8, 4) is 0 Å². The SMILES string of the molecule is CCCCCS(=O)(=O)NC(=O)C1=CC(Cc2ccc(Cl)cc2Cl)C(C)S1. The maximum absolute atomic E-state index is 12.3. The molecule has 0 bridgehead atoms. The fourth-order valence-corrected chi connectivity index (χ4v) is 5.53. The third-order valence-electron chi connectivity index (χ3n) is 4.24. The number of carbonyl (C=O) groups excluding carboxylic acids is 1. The van der Waals surface area contributed by atoms with Gasteiger partial charge in [0.05, 0.1) is 10.7 Å². The predicted octanol–water partition coefficient (Wildman–Crippen LogP) is 4.81. The van der Waals surface area contributed by atoms with Gasteiger partial charge in [0.2, 0.25) is 10.0 Å². The van der Waals surface area contributed by atoms with Crippen molar-refractivity contribution in [1.29, 1.82) is 0 Å². The zero-order valence-electron chi connectivity index (χ0n) is 14.8. The molecular formula is C18H23Cl2NO3S2. The van der Waals surface area contributed by atoms with Gasteiger partial charge in [0.25, 0.3) is 5.91 Å². The van der Waals surface area contributed by atoms with Crippen LogP contribution in [0.3, 0.4) is 0 Å². The molecule has 1 aromatic carbocycles. The van der Waals surface area contributed by atoms with Gasteiger partial charge in [-0.2, -0.15) is 0 Å². The Hall–Kier alpha value is -0.690. The van der Waals surface area contributed by atoms with E-state index < -0.39 is 15.9 Å². The van der Waals surface area contributed by atoms with E-state index in [0.29, 0.717) is 27.8 Å². The van der Waals surface area contributed by atoms with Crippen molar-refractivity contribution in [3.63, 3.8) is 0 Å². The molecule has 0 spiro atoms. The van der Waals surface area contributed by atoms with Crippen LogP contribution in [0.15, 0.2) is 29.2 Å². The maximum atomic E-state index is 12.3. The highest BCUT2D eigenvalue weighted by Crippen LogP contribution is 2.39. The average Bonchev–Trinajstić information content (AvgIpc) is 2.91. The molecule has 1 aromatic rings. The molecule has 2 atom stereocenters. The number of halogens is 2. The van der Waals surface area contributed by atoms with Crippen LogP contribution >= 0.6 is 35.0 Å². The second kappa shape index (κ2) is 9.49. The minimum Gasteiger partial charge on any atom is -0.268 e. The second-order valence-corrected chi connectivity index (χ2v) is 10.5. The number of nitrogens with one attached hydrogen (secondary N) is 1. The molecule has 1 N–H and O–H groups in total. The largest absolute Gasteiger partial charge is 0.270 e. The first-order valence-electron chi connectivity index (χ1n) is 8.59. The molecular weight excluding hydrogens is 413 g/mol. The summed E-state index contributed by atoms with van der Waals surface area (Å²) in [4.78, 5) is 12.8. The number of thioether (sulfide) groups is 1. The van der Waals surface area contributed by atoms with E-state index in [1.165, 1.54) is 11.8 Å². The summed E-state index contributed by atoms with van der Waals surface area (Å²) in [7, 11) is -3.59. The van der Waals surface area contributed by atoms with E-state index in [4.69, 9.17) is 23.2 Å². The second-order valence-electron chi connectivity index (χ2n) is 6.41. The quantitative estimate of drug-likeness (QED) is 0.595. The molecule has 0 fully saturated rings. The molecule has 1 heterocycles. The number of sulfonamides is 1. The van der Waals surface area contributed by atoms with Crippen LogP contribution in [0.2, 0.25) is 10.0 Å². The first kappa shape index (κ1) is 21.6. The number of benzene rings is 1. The van der Waals surface area contributed by atoms with Crippen molar-refractivity contribution in [2.24, 2.45) is 5.92 Å². The van der Waals surface area contributed by atoms with E-state index in [2.05, 4.69) is 4.72 Å². The Morgan fingerprint density at radius 1 is 1.27 bits per heavy atom. The predicted molar refractivity (Wildman–Crippen MR) is 110 cm³/mol. The van der Waals surface area contributed by atoms with Crippen molar-refractivity contribution in [3.05, 3.63) is 44.8 Å². The third kappa shape index (κ3) is 6.19. The summed E-state index contributed by atoms with van der Waals surface area (Å²) >= 11 is 13.5. The summed E-state index contributed by atoms with van der Waals surface area (Å²) in [6.45, 7) is 4.02. The maximum Gasteiger partial charge on any atom is 0.270 e. The number of unbranched alkanes of at least 4 members (excludes halogenated alkanes) is 2. The lowest BCUT2D eigenvalue weighted by Crippen LogP contribution is -2.32. The van der Waals surface area contributed by atoms with E-state index in [1.807, 2.05) is 26.0 Å². The fraction of sp³-hybridized carbons (Fsp3) is 0.500. The zero-order chi connectivity index (χ0) is 19.3. The number of hydrogen-bond acceptors (Lipinski definition) is 4. The Bertz CT molecular complexity index is 794. The molecule has 26 heavy (non-hydrogen) atoms. The highest BCUT2D eigenvalue weighted by atomic mass is 35.5. The van der Waals surface area contributed by atoms with Crippen LogP contribution in [-0.4, -0.2) is 25.3 Å². The Kier molecular flexibility index (Phi) is 7.89. The van der Waals surface area contributed by atoms with Crippen LogP contribution in [-0.2, 0) is 21.2 Å². The van der Waals surface area contributed by atoms with Crippen molar-refractivity contribution in [1.82, 2.24) is 4.72 Å². The molecule has 2 rings (SSSR count). The molecule has 1 aliphatic heterocycles. The van der Waals surface area contributed by atoms with Gasteiger partial charge in [0.1, 0.15) is 0 Å². The summed E-state index contributed by atoms with van der Waals surface area (Å²) in [6, 6.07) is 5.37. The molecule has 0 aromatic heterocycles. The third-order valence-corrected chi connectivity index (χ3v) is 7.45. The Labute approximate surface area is 169 Å². The van der Waals surface area contributed by atoms with Crippen molar-refractivity contribution in [2.45, 2.75) is 44.8 Å². The lowest BCUT2D eigenvalue weighted by molar-refractivity contribution is -0.115. The van der Waals surface area contributed by atoms with Gasteiger partial charge in [-0.3, -0.25) is 4.79 Å². The molecule has 144 valence electrons. The van der Waals surface area contributed by atoms with E-state index in [9.17, 15) is 13.2 Å². The van der Waals surface area contributed by atoms with Crippen LogP contribution in [0.5, 0.6) is 0 Å². The smallest absolute Gasteiger partial charge is 0.268 e. The lowest BCUT2D eigenvalue weighted by Gasteiger charge is -2.14. The van der Waals surface area contributed by atoms with Gasteiger partial charge in [-0.25, -0.2) is 13.1 Å². The number of amides is 1. The Balaban J connectivity index is 2.02. The molecule has 2 unspecified atom stereocenters. The molecule has 1 aliphatic rings. The van der Waals surface area contributed by atoms with Gasteiger partial charge in [0, 0.05) is 15.3 Å². The summed E-state index contributed by atoms with van der Waals surface area (Å²) < 4.78 is 26.2. The van der Waals surface area contributed by atoms with Gasteiger partial charge in [0.15, 0.2) is 0 Å². The summed E-state index contributed by atoms with van der Waals surface area (Å²) in [5.41, 5.74) is 0.957. The molecule has 0 saturated heterocycles. The summed E-state index contributed by atoms with van der Waals surface area (Å²) in [6.07, 6.45) is 4.82. The number of rotatable bonds is 8. The number of allylic oxidation sites excluding steroid dienone is 1. The standard InChI is InChI=1S/C18H23Cl2NO3S2/c1-3-4-5-8-26(23,24)21-18(22)17-10-14(12(2)25-17)9-13-6-7-15(19)11-16(13)20/h6-7,10-12,14H,3-5,8-9H2,1-2H3,(H,21,22). The zero-order valence-corrected chi connectivity index (χ0v) is 17.9. The van der Waals surface area contributed by atoms with Gasteiger partial charge >= 0.3 is 0 Å². The van der Waals surface area contributed by atoms with Crippen molar-refractivity contribution in [2.75, 3.05) is 5.75 Å². The Morgan fingerprint density at radius 3 is 2.65 bits per heavy atom. The van der Waals surface area contributed by atoms with Crippen LogP contribution in [0.1, 0.15) is 38.7 Å². The highest BCUT2D eigenvalue weighted by Gasteiger charge is 2.30. The summed E-state index contributed by atoms with van der Waals surface area (Å²) in [5.74, 6) is -0.463. The van der Waals surface area contributed by atoms with Crippen LogP contribution in [0.4, 0.5) is 0 Å². The molecule has 0 saturated carbocycles. The minimum absolute atomic E-state index is 0.0239. The van der Waals surface area contributed by atoms with Gasteiger partial charge in [-0.05, 0) is 36.5 Å². The van der Waals surface area contributed by atoms with Crippen LogP contribution in [0, 0.1) is 5.92 Å². The molecule has 4 nitrogen and oxygen atoms in total. The van der Waals surface area contributed by atoms with Gasteiger partial charge in [-0.1, -0.05) is 62.0 Å². The lowest BCUT2D eigenvalue weighted by atomic mass is 9.96. The fourth-order valence-electron chi connectivity index (χ4n) is 2.74. The molecule has 0 aliphatic carbocycles. The van der Waals surface area contributed by atoms with E-state index >= 15 is 0 Å². The normalized spacial score (nSPS) is 20.1. The van der Waals surface area contributed by atoms with Gasteiger partial charge in [-0.15, -0.1) is 11.8 Å². The first-order chi connectivity index (χ1) is 12.2. The van der Waals surface area contributed by atoms with Crippen molar-refractivity contribution >= 4 is 50.9 Å². The van der Waals surface area contributed by atoms with E-state index in [1.54, 1.807) is 12.1 Å². The van der Waals surface area contributed by atoms with Crippen molar-refractivity contribution < 1.29 is 13.2 Å². The molecule has 0 radical (unpaired) electrons. The monoisotopic (exact) mass is 435 g/mol. The first-order valence-corrected chi connectivity index (χ1v) is 11.9. The highest BCUT2D eigenvalue weighted by molar-refractivity contribution is 8.05. The number of carbonyl (C=O) groups is 1. The van der Waals surface area contributed by atoms with E-state index in [-0.39, 0.29) is 16.9 Å². The van der Waals surface area contributed by atoms with E-state index in [0.717, 1.165) is 18.4 Å².